The molecule has 1 aromatic rings. The molecule has 132 valence electrons. The lowest BCUT2D eigenvalue weighted by atomic mass is 9.81. The molecule has 1 aliphatic carbocycles. The maximum Gasteiger partial charge on any atom is 0.391 e. The Morgan fingerprint density at radius 1 is 1.25 bits per heavy atom. The number of allylic oxidation sites excluding steroid dienone is 1. The molecule has 1 fully saturated rings. The highest BCUT2D eigenvalue weighted by atomic mass is 19.4. The van der Waals surface area contributed by atoms with Crippen molar-refractivity contribution in [2.45, 2.75) is 31.9 Å². The van der Waals surface area contributed by atoms with Gasteiger partial charge in [0.25, 0.3) is 0 Å². The molecule has 0 saturated heterocycles. The van der Waals surface area contributed by atoms with Crippen molar-refractivity contribution in [2.75, 3.05) is 14.2 Å². The van der Waals surface area contributed by atoms with Gasteiger partial charge in [0, 0.05) is 5.56 Å². The molecular weight excluding hydrogens is 323 g/mol. The van der Waals surface area contributed by atoms with Crippen molar-refractivity contribution in [3.63, 3.8) is 0 Å². The van der Waals surface area contributed by atoms with Gasteiger partial charge in [-0.25, -0.2) is 9.78 Å². The Kier molecular flexibility index (Phi) is 5.85. The van der Waals surface area contributed by atoms with E-state index in [9.17, 15) is 18.0 Å². The summed E-state index contributed by atoms with van der Waals surface area (Å²) in [5.74, 6) is -1.17. The van der Waals surface area contributed by atoms with Gasteiger partial charge in [0.1, 0.15) is 11.4 Å². The molecule has 1 aromatic heterocycles. The summed E-state index contributed by atoms with van der Waals surface area (Å²) in [6.07, 6.45) is 2.27. The molecule has 0 spiro atoms. The van der Waals surface area contributed by atoms with Crippen LogP contribution in [-0.4, -0.2) is 31.3 Å². The Bertz CT molecular complexity index is 606. The Hall–Kier alpha value is -2.05. The summed E-state index contributed by atoms with van der Waals surface area (Å²) in [5.41, 5.74) is 0.796. The SMILES string of the molecule is COC(=O)c1cc(C=CC2CCC(C(F)(F)F)CC2)c(OC)cn1. The first kappa shape index (κ1) is 18.3. The molecule has 0 aliphatic heterocycles. The van der Waals surface area contributed by atoms with Crippen LogP contribution in [0.15, 0.2) is 18.3 Å². The van der Waals surface area contributed by atoms with Crippen molar-refractivity contribution in [3.8, 4) is 5.75 Å². The van der Waals surface area contributed by atoms with Crippen LogP contribution in [0.2, 0.25) is 0 Å². The van der Waals surface area contributed by atoms with Crippen molar-refractivity contribution in [3.05, 3.63) is 29.6 Å². The summed E-state index contributed by atoms with van der Waals surface area (Å²) < 4.78 is 47.9. The summed E-state index contributed by atoms with van der Waals surface area (Å²) in [7, 11) is 2.75. The number of esters is 1. The van der Waals surface area contributed by atoms with E-state index >= 15 is 0 Å². The van der Waals surface area contributed by atoms with E-state index in [0.29, 0.717) is 24.2 Å². The zero-order valence-electron chi connectivity index (χ0n) is 13.6. The van der Waals surface area contributed by atoms with Crippen LogP contribution in [0.3, 0.4) is 0 Å². The quantitative estimate of drug-likeness (QED) is 0.767. The molecule has 1 aliphatic rings. The maximum absolute atomic E-state index is 12.7. The Labute approximate surface area is 138 Å². The zero-order valence-corrected chi connectivity index (χ0v) is 13.6. The molecular formula is C17H20F3NO3. The van der Waals surface area contributed by atoms with E-state index in [2.05, 4.69) is 9.72 Å². The number of hydrogen-bond acceptors (Lipinski definition) is 4. The van der Waals surface area contributed by atoms with Gasteiger partial charge in [0.15, 0.2) is 0 Å². The van der Waals surface area contributed by atoms with Crippen LogP contribution in [-0.2, 0) is 4.74 Å². The van der Waals surface area contributed by atoms with Crippen LogP contribution in [0.5, 0.6) is 5.75 Å². The van der Waals surface area contributed by atoms with E-state index in [4.69, 9.17) is 4.74 Å². The normalized spacial score (nSPS) is 21.7. The molecule has 0 N–H and O–H groups in total. The van der Waals surface area contributed by atoms with Crippen molar-refractivity contribution >= 4 is 12.0 Å². The fourth-order valence-electron chi connectivity index (χ4n) is 2.85. The minimum Gasteiger partial charge on any atom is -0.495 e. The van der Waals surface area contributed by atoms with Crippen molar-refractivity contribution in [1.29, 1.82) is 0 Å². The molecule has 0 amide bonds. The summed E-state index contributed by atoms with van der Waals surface area (Å²) in [4.78, 5) is 15.5. The van der Waals surface area contributed by atoms with E-state index in [0.717, 1.165) is 0 Å². The highest BCUT2D eigenvalue weighted by Crippen LogP contribution is 2.40. The van der Waals surface area contributed by atoms with Gasteiger partial charge in [-0.15, -0.1) is 0 Å². The lowest BCUT2D eigenvalue weighted by Gasteiger charge is -2.28. The predicted octanol–water partition coefficient (Wildman–Crippen LogP) is 4.26. The first-order valence-electron chi connectivity index (χ1n) is 7.72. The Morgan fingerprint density at radius 3 is 2.46 bits per heavy atom. The summed E-state index contributed by atoms with van der Waals surface area (Å²) >= 11 is 0. The molecule has 4 nitrogen and oxygen atoms in total. The second-order valence-electron chi connectivity index (χ2n) is 5.82. The first-order chi connectivity index (χ1) is 11.3. The fraction of sp³-hybridized carbons (Fsp3) is 0.529. The maximum atomic E-state index is 12.7. The van der Waals surface area contributed by atoms with Crippen LogP contribution >= 0.6 is 0 Å². The number of hydrogen-bond donors (Lipinski definition) is 0. The molecule has 24 heavy (non-hydrogen) atoms. The van der Waals surface area contributed by atoms with E-state index in [-0.39, 0.29) is 24.5 Å². The molecule has 0 atom stereocenters. The molecule has 2 rings (SSSR count). The van der Waals surface area contributed by atoms with Crippen LogP contribution < -0.4 is 4.74 Å². The lowest BCUT2D eigenvalue weighted by molar-refractivity contribution is -0.183. The molecule has 0 unspecified atom stereocenters. The standard InChI is InChI=1S/C17H20F3NO3/c1-23-15-10-21-14(16(22)24-2)9-12(15)6-3-11-4-7-13(8-5-11)17(18,19)20/h3,6,9-11,13H,4-5,7-8H2,1-2H3. The molecule has 1 saturated carbocycles. The number of carbonyl (C=O) groups is 1. The Morgan fingerprint density at radius 2 is 1.92 bits per heavy atom. The number of ether oxygens (including phenoxy) is 2. The number of rotatable bonds is 4. The van der Waals surface area contributed by atoms with Crippen LogP contribution in [0.1, 0.15) is 41.7 Å². The minimum absolute atomic E-state index is 0.0862. The van der Waals surface area contributed by atoms with Gasteiger partial charge in [0.05, 0.1) is 26.3 Å². The average Bonchev–Trinajstić information content (AvgIpc) is 2.58. The monoisotopic (exact) mass is 343 g/mol. The van der Waals surface area contributed by atoms with E-state index in [1.165, 1.54) is 20.4 Å². The molecule has 7 heteroatoms. The number of aromatic nitrogens is 1. The second-order valence-corrected chi connectivity index (χ2v) is 5.82. The number of pyridine rings is 1. The zero-order chi connectivity index (χ0) is 17.7. The number of halogens is 3. The molecule has 0 radical (unpaired) electrons. The van der Waals surface area contributed by atoms with Gasteiger partial charge >= 0.3 is 12.1 Å². The third-order valence-electron chi connectivity index (χ3n) is 4.29. The highest BCUT2D eigenvalue weighted by molar-refractivity contribution is 5.88. The molecule has 0 aromatic carbocycles. The van der Waals surface area contributed by atoms with Gasteiger partial charge in [-0.2, -0.15) is 13.2 Å². The number of nitrogens with zero attached hydrogens (tertiary/aromatic N) is 1. The van der Waals surface area contributed by atoms with Crippen molar-refractivity contribution in [2.24, 2.45) is 11.8 Å². The largest absolute Gasteiger partial charge is 0.495 e. The van der Waals surface area contributed by atoms with Gasteiger partial charge < -0.3 is 9.47 Å². The van der Waals surface area contributed by atoms with Gasteiger partial charge in [0.2, 0.25) is 0 Å². The fourth-order valence-corrected chi connectivity index (χ4v) is 2.85. The summed E-state index contributed by atoms with van der Waals surface area (Å²) in [6, 6.07) is 1.54. The Balaban J connectivity index is 2.07. The van der Waals surface area contributed by atoms with E-state index < -0.39 is 18.1 Å². The summed E-state index contributed by atoms with van der Waals surface area (Å²) in [5, 5.41) is 0. The highest BCUT2D eigenvalue weighted by Gasteiger charge is 2.40. The number of alkyl halides is 3. The third kappa shape index (κ3) is 4.49. The third-order valence-corrected chi connectivity index (χ3v) is 4.29. The molecule has 1 heterocycles. The van der Waals surface area contributed by atoms with Gasteiger partial charge in [-0.05, 0) is 37.7 Å². The lowest BCUT2D eigenvalue weighted by Crippen LogP contribution is -2.27. The van der Waals surface area contributed by atoms with Gasteiger partial charge in [-0.3, -0.25) is 0 Å². The molecule has 0 bridgehead atoms. The van der Waals surface area contributed by atoms with E-state index in [1.54, 1.807) is 12.1 Å². The van der Waals surface area contributed by atoms with Gasteiger partial charge in [-0.1, -0.05) is 12.2 Å². The van der Waals surface area contributed by atoms with E-state index in [1.807, 2.05) is 6.08 Å². The smallest absolute Gasteiger partial charge is 0.391 e. The van der Waals surface area contributed by atoms with Crippen molar-refractivity contribution in [1.82, 2.24) is 4.98 Å². The van der Waals surface area contributed by atoms with Crippen LogP contribution in [0, 0.1) is 11.8 Å². The minimum atomic E-state index is -4.10. The summed E-state index contributed by atoms with van der Waals surface area (Å²) in [6.45, 7) is 0. The van der Waals surface area contributed by atoms with Crippen LogP contribution in [0.4, 0.5) is 13.2 Å². The first-order valence-corrected chi connectivity index (χ1v) is 7.72. The average molecular weight is 343 g/mol. The topological polar surface area (TPSA) is 48.4 Å². The number of methoxy groups -OCH3 is 2. The van der Waals surface area contributed by atoms with Crippen molar-refractivity contribution < 1.29 is 27.4 Å². The van der Waals surface area contributed by atoms with Crippen LogP contribution in [0.25, 0.3) is 6.08 Å². The predicted molar refractivity (Wildman–Crippen MR) is 82.7 cm³/mol. The number of carbonyl (C=O) groups excluding carboxylic acids is 1. The second kappa shape index (κ2) is 7.68.